The predicted octanol–water partition coefficient (Wildman–Crippen LogP) is 3.15. The third kappa shape index (κ3) is 5.21. The fourth-order valence-corrected chi connectivity index (χ4v) is 2.42. The second-order valence-corrected chi connectivity index (χ2v) is 6.13. The molecular formula is C11H17BrN2OS. The third-order valence-electron chi connectivity index (χ3n) is 1.91. The van der Waals surface area contributed by atoms with Gasteiger partial charge in [0.05, 0.1) is 29.2 Å². The molecule has 1 aromatic heterocycles. The van der Waals surface area contributed by atoms with E-state index in [0.29, 0.717) is 13.2 Å². The molecule has 0 spiro atoms. The minimum atomic E-state index is 0.268. The van der Waals surface area contributed by atoms with Crippen molar-refractivity contribution in [3.05, 3.63) is 27.1 Å². The van der Waals surface area contributed by atoms with E-state index >= 15 is 0 Å². The van der Waals surface area contributed by atoms with Gasteiger partial charge in [0, 0.05) is 6.54 Å². The van der Waals surface area contributed by atoms with Gasteiger partial charge in [0.15, 0.2) is 0 Å². The van der Waals surface area contributed by atoms with Crippen LogP contribution in [0.2, 0.25) is 0 Å². The number of rotatable bonds is 7. The maximum absolute atomic E-state index is 5.40. The van der Waals surface area contributed by atoms with Crippen LogP contribution in [0.15, 0.2) is 22.1 Å². The first kappa shape index (κ1) is 13.8. The van der Waals surface area contributed by atoms with Crippen LogP contribution in [-0.4, -0.2) is 24.7 Å². The molecular weight excluding hydrogens is 288 g/mol. The van der Waals surface area contributed by atoms with Gasteiger partial charge in [-0.05, 0) is 29.8 Å². The van der Waals surface area contributed by atoms with Crippen molar-refractivity contribution in [1.29, 1.82) is 0 Å². The highest BCUT2D eigenvalue weighted by Crippen LogP contribution is 2.23. The maximum atomic E-state index is 5.40. The second-order valence-electron chi connectivity index (χ2n) is 3.69. The van der Waals surface area contributed by atoms with E-state index in [2.05, 4.69) is 39.7 Å². The number of hydrogen-bond donors (Lipinski definition) is 1. The van der Waals surface area contributed by atoms with Crippen molar-refractivity contribution in [2.24, 2.45) is 0 Å². The van der Waals surface area contributed by atoms with Crippen LogP contribution in [0.3, 0.4) is 0 Å². The topological polar surface area (TPSA) is 34.1 Å². The summed E-state index contributed by atoms with van der Waals surface area (Å²) in [4.78, 5) is 4.30. The molecule has 1 N–H and O–H groups in total. The minimum absolute atomic E-state index is 0.268. The summed E-state index contributed by atoms with van der Waals surface area (Å²) in [7, 11) is 0. The van der Waals surface area contributed by atoms with E-state index in [1.54, 1.807) is 11.3 Å². The smallest absolute Gasteiger partial charge is 0.110 e. The summed E-state index contributed by atoms with van der Waals surface area (Å²) in [5, 5.41) is 4.45. The van der Waals surface area contributed by atoms with Crippen molar-refractivity contribution in [3.63, 3.8) is 0 Å². The molecule has 1 unspecified atom stereocenters. The average molecular weight is 305 g/mol. The van der Waals surface area contributed by atoms with Crippen molar-refractivity contribution in [3.8, 4) is 0 Å². The molecule has 90 valence electrons. The molecule has 0 amide bonds. The van der Waals surface area contributed by atoms with Gasteiger partial charge in [0.2, 0.25) is 0 Å². The Kier molecular flexibility index (Phi) is 6.20. The van der Waals surface area contributed by atoms with E-state index in [4.69, 9.17) is 4.74 Å². The number of hydrogen-bond acceptors (Lipinski definition) is 4. The van der Waals surface area contributed by atoms with Gasteiger partial charge < -0.3 is 10.1 Å². The van der Waals surface area contributed by atoms with E-state index in [-0.39, 0.29) is 6.04 Å². The summed E-state index contributed by atoms with van der Waals surface area (Å²) in [6, 6.07) is 0.268. The summed E-state index contributed by atoms with van der Waals surface area (Å²) in [5.41, 5.74) is 1.05. The fourth-order valence-electron chi connectivity index (χ4n) is 1.15. The Hall–Kier alpha value is -0.230. The van der Waals surface area contributed by atoms with E-state index < -0.39 is 0 Å². The Bertz CT molecular complexity index is 340. The molecule has 16 heavy (non-hydrogen) atoms. The van der Waals surface area contributed by atoms with Crippen molar-refractivity contribution < 1.29 is 4.74 Å². The molecule has 0 aromatic carbocycles. The van der Waals surface area contributed by atoms with E-state index in [1.165, 1.54) is 0 Å². The molecule has 3 nitrogen and oxygen atoms in total. The molecule has 1 aromatic rings. The molecule has 0 aliphatic carbocycles. The third-order valence-corrected chi connectivity index (χ3v) is 3.57. The van der Waals surface area contributed by atoms with Gasteiger partial charge in [-0.25, -0.2) is 4.98 Å². The number of nitrogens with one attached hydrogen (secondary N) is 1. The largest absolute Gasteiger partial charge is 0.376 e. The van der Waals surface area contributed by atoms with Crippen LogP contribution in [0.4, 0.5) is 0 Å². The summed E-state index contributed by atoms with van der Waals surface area (Å²) in [5.74, 6) is 0. The van der Waals surface area contributed by atoms with Crippen LogP contribution < -0.4 is 5.32 Å². The van der Waals surface area contributed by atoms with E-state index in [1.807, 2.05) is 13.1 Å². The zero-order chi connectivity index (χ0) is 12.0. The Morgan fingerprint density at radius 2 is 2.50 bits per heavy atom. The average Bonchev–Trinajstić information content (AvgIpc) is 2.63. The van der Waals surface area contributed by atoms with Crippen LogP contribution in [-0.2, 0) is 4.74 Å². The zero-order valence-electron chi connectivity index (χ0n) is 9.62. The lowest BCUT2D eigenvalue weighted by molar-refractivity contribution is 0.156. The lowest BCUT2D eigenvalue weighted by Crippen LogP contribution is -2.23. The number of nitrogens with zero attached hydrogens (tertiary/aromatic N) is 1. The Balaban J connectivity index is 2.15. The number of halogens is 1. The highest BCUT2D eigenvalue weighted by molar-refractivity contribution is 9.11. The first-order chi connectivity index (χ1) is 7.59. The monoisotopic (exact) mass is 304 g/mol. The lowest BCUT2D eigenvalue weighted by Gasteiger charge is -2.11. The molecule has 1 rings (SSSR count). The van der Waals surface area contributed by atoms with E-state index in [9.17, 15) is 0 Å². The molecule has 0 radical (unpaired) electrons. The molecule has 0 saturated heterocycles. The van der Waals surface area contributed by atoms with E-state index in [0.717, 1.165) is 20.9 Å². The van der Waals surface area contributed by atoms with Crippen molar-refractivity contribution in [2.45, 2.75) is 19.9 Å². The van der Waals surface area contributed by atoms with Gasteiger partial charge in [-0.3, -0.25) is 0 Å². The number of ether oxygens (including phenoxy) is 1. The first-order valence-corrected chi connectivity index (χ1v) is 6.77. The number of thiazole rings is 1. The summed E-state index contributed by atoms with van der Waals surface area (Å²) >= 11 is 5.06. The second kappa shape index (κ2) is 7.17. The Morgan fingerprint density at radius 1 is 1.75 bits per heavy atom. The Labute approximate surface area is 109 Å². The van der Waals surface area contributed by atoms with Gasteiger partial charge in [-0.2, -0.15) is 0 Å². The van der Waals surface area contributed by atoms with Crippen molar-refractivity contribution in [1.82, 2.24) is 10.3 Å². The van der Waals surface area contributed by atoms with Crippen LogP contribution in [0, 0.1) is 0 Å². The van der Waals surface area contributed by atoms with Gasteiger partial charge in [-0.15, -0.1) is 11.3 Å². The van der Waals surface area contributed by atoms with Crippen LogP contribution >= 0.6 is 27.3 Å². The number of aromatic nitrogens is 1. The molecule has 0 fully saturated rings. The highest BCUT2D eigenvalue weighted by Gasteiger charge is 2.08. The van der Waals surface area contributed by atoms with Crippen LogP contribution in [0.25, 0.3) is 0 Å². The molecule has 5 heteroatoms. The van der Waals surface area contributed by atoms with Gasteiger partial charge in [0.1, 0.15) is 5.01 Å². The van der Waals surface area contributed by atoms with Crippen molar-refractivity contribution >= 4 is 27.3 Å². The van der Waals surface area contributed by atoms with Crippen LogP contribution in [0.1, 0.15) is 24.9 Å². The standard InChI is InChI=1S/C11H17BrN2OS/c1-8(2)7-15-5-4-13-9(3)11-14-6-10(12)16-11/h6,9,13H,1,4-5,7H2,2-3H3. The quantitative estimate of drug-likeness (QED) is 0.621. The van der Waals surface area contributed by atoms with Crippen molar-refractivity contribution in [2.75, 3.05) is 19.8 Å². The molecule has 0 aliphatic rings. The molecule has 1 heterocycles. The summed E-state index contributed by atoms with van der Waals surface area (Å²) in [6.45, 7) is 10.0. The van der Waals surface area contributed by atoms with Gasteiger partial charge in [0.25, 0.3) is 0 Å². The first-order valence-electron chi connectivity index (χ1n) is 5.16. The van der Waals surface area contributed by atoms with Crippen LogP contribution in [0.5, 0.6) is 0 Å². The minimum Gasteiger partial charge on any atom is -0.376 e. The predicted molar refractivity (Wildman–Crippen MR) is 71.9 cm³/mol. The maximum Gasteiger partial charge on any atom is 0.110 e. The van der Waals surface area contributed by atoms with Gasteiger partial charge >= 0.3 is 0 Å². The SMILES string of the molecule is C=C(C)COCCNC(C)c1ncc(Br)s1. The summed E-state index contributed by atoms with van der Waals surface area (Å²) in [6.07, 6.45) is 1.83. The molecule has 0 saturated carbocycles. The Morgan fingerprint density at radius 3 is 3.06 bits per heavy atom. The molecule has 0 bridgehead atoms. The zero-order valence-corrected chi connectivity index (χ0v) is 12.0. The highest BCUT2D eigenvalue weighted by atomic mass is 79.9. The molecule has 0 aliphatic heterocycles. The summed E-state index contributed by atoms with van der Waals surface area (Å²) < 4.78 is 6.46. The molecule has 1 atom stereocenters. The fraction of sp³-hybridized carbons (Fsp3) is 0.545. The van der Waals surface area contributed by atoms with Gasteiger partial charge in [-0.1, -0.05) is 12.2 Å². The normalized spacial score (nSPS) is 12.7. The lowest BCUT2D eigenvalue weighted by atomic mass is 10.3.